The largest absolute Gasteiger partial charge is 0.508 e. The van der Waals surface area contributed by atoms with E-state index in [0.29, 0.717) is 23.6 Å². The molecule has 1 heterocycles. The maximum Gasteiger partial charge on any atom is 0.306 e. The number of rotatable bonds is 5. The van der Waals surface area contributed by atoms with Crippen molar-refractivity contribution in [1.82, 2.24) is 4.98 Å². The summed E-state index contributed by atoms with van der Waals surface area (Å²) in [6, 6.07) is 3.81. The number of halogens is 1. The van der Waals surface area contributed by atoms with Crippen LogP contribution in [0.3, 0.4) is 0 Å². The van der Waals surface area contributed by atoms with Crippen molar-refractivity contribution in [3.05, 3.63) is 35.1 Å². The van der Waals surface area contributed by atoms with E-state index in [1.807, 2.05) is 5.38 Å². The van der Waals surface area contributed by atoms with Crippen LogP contribution in [-0.2, 0) is 16.0 Å². The highest BCUT2D eigenvalue weighted by Crippen LogP contribution is 2.28. The molecule has 1 aromatic heterocycles. The Kier molecular flexibility index (Phi) is 4.68. The molecule has 0 saturated heterocycles. The topological polar surface area (TPSA) is 59.4 Å². The van der Waals surface area contributed by atoms with Gasteiger partial charge in [-0.1, -0.05) is 0 Å². The fraction of sp³-hybridized carbons (Fsp3) is 0.286. The van der Waals surface area contributed by atoms with E-state index in [4.69, 9.17) is 4.74 Å². The molecule has 4 nitrogen and oxygen atoms in total. The fourth-order valence-corrected chi connectivity index (χ4v) is 2.56. The van der Waals surface area contributed by atoms with E-state index < -0.39 is 5.82 Å². The molecule has 0 saturated carbocycles. The number of thiazole rings is 1. The van der Waals surface area contributed by atoms with Gasteiger partial charge in [0, 0.05) is 23.4 Å². The molecule has 0 aliphatic heterocycles. The average Bonchev–Trinajstić information content (AvgIpc) is 2.84. The van der Waals surface area contributed by atoms with Gasteiger partial charge in [0.05, 0.1) is 18.7 Å². The maximum absolute atomic E-state index is 13.2. The first-order valence-electron chi connectivity index (χ1n) is 6.18. The maximum atomic E-state index is 13.2. The zero-order valence-electron chi connectivity index (χ0n) is 10.9. The SMILES string of the molecule is CCOC(=O)CCc1csc(-c2cc(O)cc(F)c2)n1. The molecule has 1 aromatic carbocycles. The Labute approximate surface area is 119 Å². The monoisotopic (exact) mass is 295 g/mol. The fourth-order valence-electron chi connectivity index (χ4n) is 1.72. The number of nitrogens with zero attached hydrogens (tertiary/aromatic N) is 1. The minimum Gasteiger partial charge on any atom is -0.508 e. The number of carbonyl (C=O) groups is 1. The number of ether oxygens (including phenoxy) is 1. The van der Waals surface area contributed by atoms with Crippen LogP contribution in [0.5, 0.6) is 5.75 Å². The van der Waals surface area contributed by atoms with Crippen LogP contribution < -0.4 is 0 Å². The molecule has 0 amide bonds. The van der Waals surface area contributed by atoms with Gasteiger partial charge in [0.1, 0.15) is 16.6 Å². The number of phenolic OH excluding ortho intramolecular Hbond substituents is 1. The number of benzene rings is 1. The summed E-state index contributed by atoms with van der Waals surface area (Å²) in [6.45, 7) is 2.12. The van der Waals surface area contributed by atoms with Gasteiger partial charge in [-0.3, -0.25) is 4.79 Å². The van der Waals surface area contributed by atoms with Crippen molar-refractivity contribution in [2.45, 2.75) is 19.8 Å². The predicted molar refractivity (Wildman–Crippen MR) is 74.1 cm³/mol. The quantitative estimate of drug-likeness (QED) is 0.861. The summed E-state index contributed by atoms with van der Waals surface area (Å²) < 4.78 is 18.1. The Bertz CT molecular complexity index is 592. The molecule has 0 aliphatic carbocycles. The molecular weight excluding hydrogens is 281 g/mol. The van der Waals surface area contributed by atoms with Gasteiger partial charge >= 0.3 is 5.97 Å². The van der Waals surface area contributed by atoms with Crippen LogP contribution in [-0.4, -0.2) is 22.7 Å². The van der Waals surface area contributed by atoms with Gasteiger partial charge in [0.15, 0.2) is 0 Å². The lowest BCUT2D eigenvalue weighted by atomic mass is 10.2. The van der Waals surface area contributed by atoms with Crippen LogP contribution in [0.1, 0.15) is 19.0 Å². The summed E-state index contributed by atoms with van der Waals surface area (Å²) in [6.07, 6.45) is 0.752. The predicted octanol–water partition coefficient (Wildman–Crippen LogP) is 3.15. The van der Waals surface area contributed by atoms with E-state index in [0.717, 1.165) is 11.8 Å². The number of carbonyl (C=O) groups excluding carboxylic acids is 1. The third-order valence-corrected chi connectivity index (χ3v) is 3.51. The number of aryl methyl sites for hydroxylation is 1. The van der Waals surface area contributed by atoms with Crippen LogP contribution in [0.15, 0.2) is 23.6 Å². The lowest BCUT2D eigenvalue weighted by Crippen LogP contribution is -2.05. The third-order valence-electron chi connectivity index (χ3n) is 2.57. The molecule has 6 heteroatoms. The highest BCUT2D eigenvalue weighted by molar-refractivity contribution is 7.13. The van der Waals surface area contributed by atoms with E-state index >= 15 is 0 Å². The van der Waals surface area contributed by atoms with Gasteiger partial charge in [-0.25, -0.2) is 9.37 Å². The first-order valence-corrected chi connectivity index (χ1v) is 7.06. The molecule has 0 unspecified atom stereocenters. The molecule has 0 fully saturated rings. The second-order valence-electron chi connectivity index (χ2n) is 4.15. The van der Waals surface area contributed by atoms with Gasteiger partial charge < -0.3 is 9.84 Å². The summed E-state index contributed by atoms with van der Waals surface area (Å²) in [5.74, 6) is -0.906. The van der Waals surface area contributed by atoms with E-state index in [9.17, 15) is 14.3 Å². The summed E-state index contributed by atoms with van der Waals surface area (Å²) in [4.78, 5) is 15.6. The van der Waals surface area contributed by atoms with Gasteiger partial charge in [-0.2, -0.15) is 0 Å². The number of phenols is 1. The van der Waals surface area contributed by atoms with Crippen LogP contribution in [0.4, 0.5) is 4.39 Å². The zero-order chi connectivity index (χ0) is 14.5. The second-order valence-corrected chi connectivity index (χ2v) is 5.01. The van der Waals surface area contributed by atoms with Crippen molar-refractivity contribution < 1.29 is 19.0 Å². The third kappa shape index (κ3) is 3.77. The van der Waals surface area contributed by atoms with Crippen molar-refractivity contribution in [2.24, 2.45) is 0 Å². The van der Waals surface area contributed by atoms with Crippen LogP contribution in [0.25, 0.3) is 10.6 Å². The summed E-state index contributed by atoms with van der Waals surface area (Å²) >= 11 is 1.34. The molecule has 106 valence electrons. The molecule has 0 atom stereocenters. The summed E-state index contributed by atoms with van der Waals surface area (Å²) in [7, 11) is 0. The summed E-state index contributed by atoms with van der Waals surface area (Å²) in [5.41, 5.74) is 1.27. The van der Waals surface area contributed by atoms with Crippen molar-refractivity contribution in [3.8, 4) is 16.3 Å². The Hall–Kier alpha value is -1.95. The minimum atomic E-state index is -0.511. The molecule has 0 radical (unpaired) electrons. The number of aromatic hydroxyl groups is 1. The Morgan fingerprint density at radius 3 is 2.95 bits per heavy atom. The average molecular weight is 295 g/mol. The smallest absolute Gasteiger partial charge is 0.306 e. The van der Waals surface area contributed by atoms with Crippen molar-refractivity contribution in [2.75, 3.05) is 6.61 Å². The highest BCUT2D eigenvalue weighted by atomic mass is 32.1. The molecule has 2 rings (SSSR count). The lowest BCUT2D eigenvalue weighted by Gasteiger charge is -2.00. The number of aromatic nitrogens is 1. The number of hydrogen-bond acceptors (Lipinski definition) is 5. The summed E-state index contributed by atoms with van der Waals surface area (Å²) in [5, 5.41) is 11.8. The Balaban J connectivity index is 2.06. The van der Waals surface area contributed by atoms with E-state index in [2.05, 4.69) is 4.98 Å². The Morgan fingerprint density at radius 2 is 2.25 bits per heavy atom. The van der Waals surface area contributed by atoms with Crippen LogP contribution in [0.2, 0.25) is 0 Å². The van der Waals surface area contributed by atoms with Gasteiger partial charge in [-0.15, -0.1) is 11.3 Å². The Morgan fingerprint density at radius 1 is 1.45 bits per heavy atom. The van der Waals surface area contributed by atoms with Crippen LogP contribution in [0, 0.1) is 5.82 Å². The minimum absolute atomic E-state index is 0.136. The first-order chi connectivity index (χ1) is 9.58. The van der Waals surface area contributed by atoms with Crippen molar-refractivity contribution in [1.29, 1.82) is 0 Å². The molecule has 0 spiro atoms. The van der Waals surface area contributed by atoms with Gasteiger partial charge in [0.2, 0.25) is 0 Å². The van der Waals surface area contributed by atoms with Crippen LogP contribution >= 0.6 is 11.3 Å². The number of esters is 1. The molecule has 1 N–H and O–H groups in total. The molecule has 0 bridgehead atoms. The van der Waals surface area contributed by atoms with E-state index in [1.54, 1.807) is 6.92 Å². The van der Waals surface area contributed by atoms with Crippen molar-refractivity contribution in [3.63, 3.8) is 0 Å². The standard InChI is InChI=1S/C14H14FNO3S/c1-2-19-13(18)4-3-11-8-20-14(16-11)9-5-10(15)7-12(17)6-9/h5-8,17H,2-4H2,1H3. The van der Waals surface area contributed by atoms with E-state index in [1.165, 1.54) is 23.5 Å². The molecule has 20 heavy (non-hydrogen) atoms. The number of hydrogen-bond donors (Lipinski definition) is 1. The molecular formula is C14H14FNO3S. The molecule has 0 aliphatic rings. The second kappa shape index (κ2) is 6.47. The normalized spacial score (nSPS) is 10.5. The highest BCUT2D eigenvalue weighted by Gasteiger charge is 2.09. The van der Waals surface area contributed by atoms with Gasteiger partial charge in [-0.05, 0) is 19.1 Å². The first kappa shape index (κ1) is 14.5. The molecule has 2 aromatic rings. The van der Waals surface area contributed by atoms with Crippen molar-refractivity contribution >= 4 is 17.3 Å². The van der Waals surface area contributed by atoms with Gasteiger partial charge in [0.25, 0.3) is 0 Å². The van der Waals surface area contributed by atoms with E-state index in [-0.39, 0.29) is 18.1 Å². The lowest BCUT2D eigenvalue weighted by molar-refractivity contribution is -0.143. The zero-order valence-corrected chi connectivity index (χ0v) is 11.7.